The van der Waals surface area contributed by atoms with Gasteiger partial charge in [0.2, 0.25) is 5.91 Å². The number of rotatable bonds is 8. The van der Waals surface area contributed by atoms with Crippen LogP contribution in [0.1, 0.15) is 64.1 Å². The van der Waals surface area contributed by atoms with Gasteiger partial charge in [-0.05, 0) is 18.9 Å². The second-order valence-corrected chi connectivity index (χ2v) is 6.00. The van der Waals surface area contributed by atoms with Gasteiger partial charge in [-0.1, -0.05) is 69.4 Å². The van der Waals surface area contributed by atoms with Crippen molar-refractivity contribution in [3.05, 3.63) is 35.9 Å². The van der Waals surface area contributed by atoms with Gasteiger partial charge >= 0.3 is 0 Å². The van der Waals surface area contributed by atoms with Gasteiger partial charge < -0.3 is 4.90 Å². The van der Waals surface area contributed by atoms with Gasteiger partial charge in [-0.15, -0.1) is 0 Å². The van der Waals surface area contributed by atoms with Crippen LogP contribution in [0.3, 0.4) is 0 Å². The summed E-state index contributed by atoms with van der Waals surface area (Å²) in [4.78, 5) is 14.3. The molecule has 0 bridgehead atoms. The Bertz CT molecular complexity index is 432. The molecule has 1 aromatic rings. The van der Waals surface area contributed by atoms with E-state index in [4.69, 9.17) is 0 Å². The third kappa shape index (κ3) is 4.31. The predicted molar refractivity (Wildman–Crippen MR) is 86.9 cm³/mol. The molecule has 116 valence electrons. The molecule has 1 amide bonds. The fourth-order valence-electron chi connectivity index (χ4n) is 2.99. The van der Waals surface area contributed by atoms with Gasteiger partial charge in [0.25, 0.3) is 0 Å². The molecule has 0 aromatic heterocycles. The van der Waals surface area contributed by atoms with E-state index in [0.29, 0.717) is 0 Å². The summed E-state index contributed by atoms with van der Waals surface area (Å²) in [5.41, 5.74) is 1.18. The Kier molecular flexibility index (Phi) is 6.24. The van der Waals surface area contributed by atoms with Gasteiger partial charge in [-0.3, -0.25) is 10.1 Å². The molecule has 1 aliphatic rings. The van der Waals surface area contributed by atoms with Crippen molar-refractivity contribution < 1.29 is 4.79 Å². The lowest BCUT2D eigenvalue weighted by molar-refractivity contribution is -0.129. The Hall–Kier alpha value is -1.35. The first kappa shape index (κ1) is 16.0. The monoisotopic (exact) mass is 288 g/mol. The number of carbonyl (C=O) groups is 1. The van der Waals surface area contributed by atoms with E-state index < -0.39 is 0 Å². The highest BCUT2D eigenvalue weighted by molar-refractivity contribution is 5.84. The minimum absolute atomic E-state index is 0.0457. The number of unbranched alkanes of at least 4 members (excludes halogenated alkanes) is 5. The average molecular weight is 288 g/mol. The number of carbonyl (C=O) groups excluding carboxylic acids is 1. The smallest absolute Gasteiger partial charge is 0.241 e. The average Bonchev–Trinajstić information content (AvgIpc) is 2.80. The lowest BCUT2D eigenvalue weighted by Gasteiger charge is -2.24. The largest absolute Gasteiger partial charge is 0.322 e. The van der Waals surface area contributed by atoms with Gasteiger partial charge in [0.05, 0.1) is 6.04 Å². The van der Waals surface area contributed by atoms with Crippen molar-refractivity contribution in [1.82, 2.24) is 10.2 Å². The molecular formula is C18H28N2O. The summed E-state index contributed by atoms with van der Waals surface area (Å²) in [5.74, 6) is 0.234. The zero-order valence-corrected chi connectivity index (χ0v) is 13.3. The summed E-state index contributed by atoms with van der Waals surface area (Å²) in [7, 11) is 0. The van der Waals surface area contributed by atoms with Crippen molar-refractivity contribution in [1.29, 1.82) is 0 Å². The predicted octanol–water partition coefficient (Wildman–Crippen LogP) is 3.87. The molecule has 2 unspecified atom stereocenters. The highest BCUT2D eigenvalue weighted by Crippen LogP contribution is 2.25. The Balaban J connectivity index is 1.87. The van der Waals surface area contributed by atoms with Crippen LogP contribution in [-0.2, 0) is 4.79 Å². The van der Waals surface area contributed by atoms with Crippen molar-refractivity contribution in [3.63, 3.8) is 0 Å². The highest BCUT2D eigenvalue weighted by atomic mass is 16.2. The summed E-state index contributed by atoms with van der Waals surface area (Å²) in [6, 6.07) is 10.2. The fourth-order valence-corrected chi connectivity index (χ4v) is 2.99. The van der Waals surface area contributed by atoms with Gasteiger partial charge in [0.15, 0.2) is 0 Å². The second-order valence-electron chi connectivity index (χ2n) is 6.00. The Labute approximate surface area is 128 Å². The molecule has 0 saturated carbocycles. The minimum Gasteiger partial charge on any atom is -0.322 e. The van der Waals surface area contributed by atoms with Crippen LogP contribution in [0.5, 0.6) is 0 Å². The van der Waals surface area contributed by atoms with E-state index in [2.05, 4.69) is 24.4 Å². The molecule has 0 spiro atoms. The molecule has 1 N–H and O–H groups in total. The molecule has 1 saturated heterocycles. The molecule has 1 aliphatic heterocycles. The molecule has 1 aromatic carbocycles. The molecule has 21 heavy (non-hydrogen) atoms. The topological polar surface area (TPSA) is 32.3 Å². The van der Waals surface area contributed by atoms with Crippen molar-refractivity contribution >= 4 is 5.91 Å². The third-order valence-corrected chi connectivity index (χ3v) is 4.24. The van der Waals surface area contributed by atoms with Gasteiger partial charge in [0, 0.05) is 6.54 Å². The molecule has 2 rings (SSSR count). The molecule has 1 fully saturated rings. The number of amides is 1. The summed E-state index contributed by atoms with van der Waals surface area (Å²) >= 11 is 0. The standard InChI is InChI=1S/C18H28N2O/c1-3-4-5-6-7-11-14-20-17(19-15(2)18(20)21)16-12-9-8-10-13-16/h8-10,12-13,15,17,19H,3-7,11,14H2,1-2H3. The summed E-state index contributed by atoms with van der Waals surface area (Å²) in [6.45, 7) is 5.06. The van der Waals surface area contributed by atoms with E-state index >= 15 is 0 Å². The zero-order valence-electron chi connectivity index (χ0n) is 13.3. The first-order chi connectivity index (χ1) is 10.2. The maximum Gasteiger partial charge on any atom is 0.241 e. The van der Waals surface area contributed by atoms with E-state index in [1.807, 2.05) is 30.0 Å². The second kappa shape index (κ2) is 8.18. The molecule has 1 heterocycles. The zero-order chi connectivity index (χ0) is 15.1. The fraction of sp³-hybridized carbons (Fsp3) is 0.611. The number of hydrogen-bond acceptors (Lipinski definition) is 2. The van der Waals surface area contributed by atoms with Crippen LogP contribution in [0.4, 0.5) is 0 Å². The molecule has 3 heteroatoms. The van der Waals surface area contributed by atoms with Gasteiger partial charge in [-0.25, -0.2) is 0 Å². The van der Waals surface area contributed by atoms with Crippen LogP contribution in [0.15, 0.2) is 30.3 Å². The number of hydrogen-bond donors (Lipinski definition) is 1. The molecule has 0 radical (unpaired) electrons. The Morgan fingerprint density at radius 3 is 2.43 bits per heavy atom. The highest BCUT2D eigenvalue weighted by Gasteiger charge is 2.36. The molecule has 2 atom stereocenters. The summed E-state index contributed by atoms with van der Waals surface area (Å²) in [6.07, 6.45) is 7.59. The third-order valence-electron chi connectivity index (χ3n) is 4.24. The van der Waals surface area contributed by atoms with E-state index in [1.54, 1.807) is 0 Å². The Morgan fingerprint density at radius 1 is 1.05 bits per heavy atom. The minimum atomic E-state index is -0.0738. The van der Waals surface area contributed by atoms with Gasteiger partial charge in [-0.2, -0.15) is 0 Å². The lowest BCUT2D eigenvalue weighted by Crippen LogP contribution is -2.31. The normalized spacial score (nSPS) is 22.0. The summed E-state index contributed by atoms with van der Waals surface area (Å²) in [5, 5.41) is 3.41. The number of nitrogens with zero attached hydrogens (tertiary/aromatic N) is 1. The lowest BCUT2D eigenvalue weighted by atomic mass is 10.1. The van der Waals surface area contributed by atoms with E-state index in [-0.39, 0.29) is 18.1 Å². The SMILES string of the molecule is CCCCCCCCN1C(=O)C(C)NC1c1ccccc1. The van der Waals surface area contributed by atoms with Crippen LogP contribution in [0, 0.1) is 0 Å². The van der Waals surface area contributed by atoms with Crippen molar-refractivity contribution in [2.45, 2.75) is 64.6 Å². The van der Waals surface area contributed by atoms with Crippen LogP contribution in [0.2, 0.25) is 0 Å². The molecule has 0 aliphatic carbocycles. The van der Waals surface area contributed by atoms with Crippen LogP contribution in [-0.4, -0.2) is 23.4 Å². The van der Waals surface area contributed by atoms with Crippen LogP contribution < -0.4 is 5.32 Å². The maximum atomic E-state index is 12.3. The Morgan fingerprint density at radius 2 is 1.71 bits per heavy atom. The summed E-state index contributed by atoms with van der Waals surface area (Å²) < 4.78 is 0. The van der Waals surface area contributed by atoms with Crippen molar-refractivity contribution in [2.24, 2.45) is 0 Å². The van der Waals surface area contributed by atoms with Crippen molar-refractivity contribution in [2.75, 3.05) is 6.54 Å². The molecular weight excluding hydrogens is 260 g/mol. The maximum absolute atomic E-state index is 12.3. The first-order valence-electron chi connectivity index (χ1n) is 8.35. The molecule has 3 nitrogen and oxygen atoms in total. The van der Waals surface area contributed by atoms with Crippen LogP contribution >= 0.6 is 0 Å². The number of nitrogens with one attached hydrogen (secondary N) is 1. The van der Waals surface area contributed by atoms with Crippen molar-refractivity contribution in [3.8, 4) is 0 Å². The number of benzene rings is 1. The van der Waals surface area contributed by atoms with Gasteiger partial charge in [0.1, 0.15) is 6.17 Å². The quantitative estimate of drug-likeness (QED) is 0.737. The van der Waals surface area contributed by atoms with Crippen LogP contribution in [0.25, 0.3) is 0 Å². The van der Waals surface area contributed by atoms with E-state index in [9.17, 15) is 4.79 Å². The van der Waals surface area contributed by atoms with E-state index in [1.165, 1.54) is 37.7 Å². The first-order valence-corrected chi connectivity index (χ1v) is 8.35. The van der Waals surface area contributed by atoms with E-state index in [0.717, 1.165) is 13.0 Å².